The second-order valence-corrected chi connectivity index (χ2v) is 5.47. The fraction of sp³-hybridized carbons (Fsp3) is 0.750. The van der Waals surface area contributed by atoms with Crippen LogP contribution in [0.25, 0.3) is 0 Å². The first-order chi connectivity index (χ1) is 10.7. The van der Waals surface area contributed by atoms with Crippen molar-refractivity contribution in [3.05, 3.63) is 6.07 Å². The summed E-state index contributed by atoms with van der Waals surface area (Å²) in [6.45, 7) is 16.5. The average Bonchev–Trinajstić information content (AvgIpc) is 2.58. The zero-order valence-corrected chi connectivity index (χ0v) is 14.5. The maximum Gasteiger partial charge on any atom is 0.229 e. The van der Waals surface area contributed by atoms with E-state index in [-0.39, 0.29) is 0 Å². The Balaban J connectivity index is 2.38. The standard InChI is InChI=1S/C16H30N6/c1-5-20(6-2)14-13-15(21(7-3)8-4)19-16(18-14)22-11-9-17-10-12-22/h13,17H,5-12H2,1-4H3. The predicted octanol–water partition coefficient (Wildman–Crippen LogP) is 1.58. The van der Waals surface area contributed by atoms with Crippen molar-refractivity contribution in [3.8, 4) is 0 Å². The van der Waals surface area contributed by atoms with Crippen molar-refractivity contribution in [2.75, 3.05) is 67.1 Å². The van der Waals surface area contributed by atoms with Gasteiger partial charge in [-0.25, -0.2) is 0 Å². The predicted molar refractivity (Wildman–Crippen MR) is 94.2 cm³/mol. The van der Waals surface area contributed by atoms with Crippen LogP contribution in [-0.2, 0) is 0 Å². The van der Waals surface area contributed by atoms with Gasteiger partial charge in [0.05, 0.1) is 0 Å². The Hall–Kier alpha value is -1.56. The number of piperazine rings is 1. The summed E-state index contributed by atoms with van der Waals surface area (Å²) < 4.78 is 0. The summed E-state index contributed by atoms with van der Waals surface area (Å²) in [7, 11) is 0. The normalized spacial score (nSPS) is 15.0. The van der Waals surface area contributed by atoms with Crippen LogP contribution in [0.2, 0.25) is 0 Å². The molecule has 0 radical (unpaired) electrons. The molecule has 1 fully saturated rings. The second kappa shape index (κ2) is 8.17. The number of nitrogens with one attached hydrogen (secondary N) is 1. The summed E-state index contributed by atoms with van der Waals surface area (Å²) in [5.74, 6) is 2.94. The summed E-state index contributed by atoms with van der Waals surface area (Å²) in [5.41, 5.74) is 0. The van der Waals surface area contributed by atoms with Crippen molar-refractivity contribution in [2.24, 2.45) is 0 Å². The van der Waals surface area contributed by atoms with Gasteiger partial charge in [0.1, 0.15) is 11.6 Å². The number of nitrogens with zero attached hydrogens (tertiary/aromatic N) is 5. The van der Waals surface area contributed by atoms with E-state index in [1.807, 2.05) is 0 Å². The minimum absolute atomic E-state index is 0.868. The Labute approximate surface area is 134 Å². The Kier molecular flexibility index (Phi) is 6.24. The highest BCUT2D eigenvalue weighted by molar-refractivity contribution is 5.55. The second-order valence-electron chi connectivity index (χ2n) is 5.47. The van der Waals surface area contributed by atoms with Crippen LogP contribution < -0.4 is 20.0 Å². The van der Waals surface area contributed by atoms with Gasteiger partial charge in [-0.05, 0) is 27.7 Å². The lowest BCUT2D eigenvalue weighted by Crippen LogP contribution is -2.44. The molecule has 6 nitrogen and oxygen atoms in total. The lowest BCUT2D eigenvalue weighted by Gasteiger charge is -2.30. The minimum atomic E-state index is 0.868. The zero-order chi connectivity index (χ0) is 15.9. The maximum atomic E-state index is 4.84. The molecule has 0 aliphatic carbocycles. The lowest BCUT2D eigenvalue weighted by molar-refractivity contribution is 0.579. The molecule has 0 spiro atoms. The third-order valence-corrected chi connectivity index (χ3v) is 4.26. The minimum Gasteiger partial charge on any atom is -0.357 e. The van der Waals surface area contributed by atoms with Crippen molar-refractivity contribution in [3.63, 3.8) is 0 Å². The summed E-state index contributed by atoms with van der Waals surface area (Å²) in [5, 5.41) is 3.39. The van der Waals surface area contributed by atoms with Gasteiger partial charge in [-0.2, -0.15) is 9.97 Å². The van der Waals surface area contributed by atoms with Crippen LogP contribution in [0.5, 0.6) is 0 Å². The first kappa shape index (κ1) is 16.8. The van der Waals surface area contributed by atoms with Crippen LogP contribution in [0.15, 0.2) is 6.07 Å². The molecule has 0 unspecified atom stereocenters. The molecule has 1 aliphatic heterocycles. The Morgan fingerprint density at radius 3 is 1.77 bits per heavy atom. The van der Waals surface area contributed by atoms with E-state index in [0.717, 1.165) is 69.9 Å². The van der Waals surface area contributed by atoms with Gasteiger partial charge in [-0.1, -0.05) is 0 Å². The summed E-state index contributed by atoms with van der Waals surface area (Å²) in [6.07, 6.45) is 0. The topological polar surface area (TPSA) is 47.5 Å². The largest absolute Gasteiger partial charge is 0.357 e. The molecule has 1 aliphatic rings. The van der Waals surface area contributed by atoms with Gasteiger partial charge in [-0.15, -0.1) is 0 Å². The maximum absolute atomic E-state index is 4.84. The first-order valence-electron chi connectivity index (χ1n) is 8.58. The van der Waals surface area contributed by atoms with Gasteiger partial charge < -0.3 is 20.0 Å². The number of rotatable bonds is 7. The third-order valence-electron chi connectivity index (χ3n) is 4.26. The van der Waals surface area contributed by atoms with E-state index >= 15 is 0 Å². The number of hydrogen-bond donors (Lipinski definition) is 1. The molecule has 0 atom stereocenters. The van der Waals surface area contributed by atoms with Gasteiger partial charge in [0.2, 0.25) is 5.95 Å². The zero-order valence-electron chi connectivity index (χ0n) is 14.5. The smallest absolute Gasteiger partial charge is 0.229 e. The van der Waals surface area contributed by atoms with Gasteiger partial charge in [-0.3, -0.25) is 0 Å². The molecule has 2 rings (SSSR count). The Bertz CT molecular complexity index is 420. The molecule has 6 heteroatoms. The molecular weight excluding hydrogens is 276 g/mol. The molecule has 0 aromatic carbocycles. The van der Waals surface area contributed by atoms with Crippen LogP contribution in [0.4, 0.5) is 17.6 Å². The highest BCUT2D eigenvalue weighted by Gasteiger charge is 2.18. The summed E-state index contributed by atoms with van der Waals surface area (Å²) in [6, 6.07) is 2.13. The Morgan fingerprint density at radius 2 is 1.36 bits per heavy atom. The molecule has 2 heterocycles. The lowest BCUT2D eigenvalue weighted by atomic mass is 10.3. The van der Waals surface area contributed by atoms with E-state index in [1.165, 1.54) is 0 Å². The molecule has 0 saturated carbocycles. The van der Waals surface area contributed by atoms with Crippen molar-refractivity contribution >= 4 is 17.6 Å². The molecule has 1 N–H and O–H groups in total. The van der Waals surface area contributed by atoms with Gasteiger partial charge in [0, 0.05) is 58.4 Å². The number of aromatic nitrogens is 2. The van der Waals surface area contributed by atoms with Crippen LogP contribution >= 0.6 is 0 Å². The van der Waals surface area contributed by atoms with Gasteiger partial charge >= 0.3 is 0 Å². The fourth-order valence-electron chi connectivity index (χ4n) is 2.84. The van der Waals surface area contributed by atoms with E-state index in [1.54, 1.807) is 0 Å². The quantitative estimate of drug-likeness (QED) is 0.825. The van der Waals surface area contributed by atoms with Crippen molar-refractivity contribution in [1.29, 1.82) is 0 Å². The van der Waals surface area contributed by atoms with E-state index in [0.29, 0.717) is 0 Å². The van der Waals surface area contributed by atoms with Crippen LogP contribution in [-0.4, -0.2) is 62.3 Å². The fourth-order valence-corrected chi connectivity index (χ4v) is 2.84. The summed E-state index contributed by atoms with van der Waals surface area (Å²) >= 11 is 0. The van der Waals surface area contributed by atoms with Crippen molar-refractivity contribution < 1.29 is 0 Å². The van der Waals surface area contributed by atoms with E-state index in [9.17, 15) is 0 Å². The molecule has 22 heavy (non-hydrogen) atoms. The van der Waals surface area contributed by atoms with E-state index < -0.39 is 0 Å². The first-order valence-corrected chi connectivity index (χ1v) is 8.58. The van der Waals surface area contributed by atoms with Crippen molar-refractivity contribution in [1.82, 2.24) is 15.3 Å². The number of hydrogen-bond acceptors (Lipinski definition) is 6. The Morgan fingerprint density at radius 1 is 0.909 bits per heavy atom. The van der Waals surface area contributed by atoms with Crippen LogP contribution in [0, 0.1) is 0 Å². The van der Waals surface area contributed by atoms with Crippen molar-refractivity contribution in [2.45, 2.75) is 27.7 Å². The number of anilines is 3. The summed E-state index contributed by atoms with van der Waals surface area (Å²) in [4.78, 5) is 16.5. The van der Waals surface area contributed by atoms with Gasteiger partial charge in [0.25, 0.3) is 0 Å². The molecule has 0 amide bonds. The van der Waals surface area contributed by atoms with Gasteiger partial charge in [0.15, 0.2) is 0 Å². The molecule has 124 valence electrons. The monoisotopic (exact) mass is 306 g/mol. The molecular formula is C16H30N6. The molecule has 1 saturated heterocycles. The molecule has 1 aromatic heterocycles. The third kappa shape index (κ3) is 3.80. The average molecular weight is 306 g/mol. The highest BCUT2D eigenvalue weighted by Crippen LogP contribution is 2.23. The molecule has 1 aromatic rings. The van der Waals surface area contributed by atoms with E-state index in [2.05, 4.69) is 53.8 Å². The van der Waals surface area contributed by atoms with E-state index in [4.69, 9.17) is 9.97 Å². The highest BCUT2D eigenvalue weighted by atomic mass is 15.3. The van der Waals surface area contributed by atoms with Crippen LogP contribution in [0.1, 0.15) is 27.7 Å². The SMILES string of the molecule is CCN(CC)c1cc(N(CC)CC)nc(N2CCNCC2)n1. The molecule has 0 bridgehead atoms. The van der Waals surface area contributed by atoms with Crippen LogP contribution in [0.3, 0.4) is 0 Å².